The zero-order chi connectivity index (χ0) is 16.4. The fourth-order valence-electron chi connectivity index (χ4n) is 2.05. The zero-order valence-electron chi connectivity index (χ0n) is 11.8. The van der Waals surface area contributed by atoms with Crippen molar-refractivity contribution in [1.82, 2.24) is 9.71 Å². The second kappa shape index (κ2) is 6.31. The van der Waals surface area contributed by atoms with E-state index in [-0.39, 0.29) is 11.4 Å². The van der Waals surface area contributed by atoms with E-state index in [9.17, 15) is 17.2 Å². The molecule has 0 fully saturated rings. The second-order valence-electron chi connectivity index (χ2n) is 4.80. The number of nitrogens with zero attached hydrogens (tertiary/aromatic N) is 1. The summed E-state index contributed by atoms with van der Waals surface area (Å²) in [5.41, 5.74) is 0.871. The Morgan fingerprint density at radius 3 is 2.61 bits per heavy atom. The molecule has 0 spiro atoms. The first-order valence-electron chi connectivity index (χ1n) is 6.75. The zero-order valence-corrected chi connectivity index (χ0v) is 13.4. The normalized spacial score (nSPS) is 11.9. The first-order chi connectivity index (χ1) is 11.0. The summed E-state index contributed by atoms with van der Waals surface area (Å²) in [5.74, 6) is -2.28. The Morgan fingerprint density at radius 2 is 1.87 bits per heavy atom. The molecule has 3 aromatic rings. The first-order valence-corrected chi connectivity index (χ1v) is 9.05. The van der Waals surface area contributed by atoms with Crippen molar-refractivity contribution < 1.29 is 17.2 Å². The summed E-state index contributed by atoms with van der Waals surface area (Å²) in [6.45, 7) is 0.126. The Morgan fingerprint density at radius 1 is 1.09 bits per heavy atom. The number of halogens is 2. The number of thiazole rings is 1. The number of fused-ring (bicyclic) bond motifs is 1. The van der Waals surface area contributed by atoms with Gasteiger partial charge >= 0.3 is 0 Å². The summed E-state index contributed by atoms with van der Waals surface area (Å²) in [4.78, 5) is 4.10. The van der Waals surface area contributed by atoms with Crippen LogP contribution in [0.1, 0.15) is 5.01 Å². The van der Waals surface area contributed by atoms with Gasteiger partial charge in [-0.05, 0) is 30.3 Å². The molecule has 1 aromatic heterocycles. The highest BCUT2D eigenvalue weighted by Crippen LogP contribution is 2.21. The van der Waals surface area contributed by atoms with Crippen LogP contribution < -0.4 is 4.72 Å². The second-order valence-corrected chi connectivity index (χ2v) is 7.68. The number of para-hydroxylation sites is 1. The summed E-state index contributed by atoms with van der Waals surface area (Å²) in [5, 5.41) is 0.805. The number of benzene rings is 2. The van der Waals surface area contributed by atoms with Crippen molar-refractivity contribution in [3.8, 4) is 0 Å². The molecule has 0 saturated carbocycles. The van der Waals surface area contributed by atoms with Crippen LogP contribution in [-0.4, -0.2) is 19.9 Å². The van der Waals surface area contributed by atoms with Gasteiger partial charge in [0.1, 0.15) is 0 Å². The monoisotopic (exact) mass is 354 g/mol. The van der Waals surface area contributed by atoms with E-state index in [1.807, 2.05) is 24.3 Å². The van der Waals surface area contributed by atoms with Crippen LogP contribution in [0.3, 0.4) is 0 Å². The van der Waals surface area contributed by atoms with Crippen LogP contribution in [0.25, 0.3) is 10.2 Å². The lowest BCUT2D eigenvalue weighted by Crippen LogP contribution is -2.26. The SMILES string of the molecule is O=S(=O)(NCCc1nc2ccccc2s1)c1ccc(F)c(F)c1. The molecule has 0 atom stereocenters. The summed E-state index contributed by atoms with van der Waals surface area (Å²) < 4.78 is 53.5. The third-order valence-electron chi connectivity index (χ3n) is 3.17. The molecule has 120 valence electrons. The molecule has 0 amide bonds. The van der Waals surface area contributed by atoms with Crippen molar-refractivity contribution in [3.05, 3.63) is 59.1 Å². The molecule has 0 aliphatic heterocycles. The van der Waals surface area contributed by atoms with E-state index >= 15 is 0 Å². The molecule has 8 heteroatoms. The van der Waals surface area contributed by atoms with Crippen molar-refractivity contribution in [1.29, 1.82) is 0 Å². The maximum Gasteiger partial charge on any atom is 0.240 e. The summed E-state index contributed by atoms with van der Waals surface area (Å²) in [7, 11) is -3.88. The van der Waals surface area contributed by atoms with E-state index in [0.717, 1.165) is 27.4 Å². The van der Waals surface area contributed by atoms with E-state index in [0.29, 0.717) is 12.5 Å². The minimum Gasteiger partial charge on any atom is -0.241 e. The van der Waals surface area contributed by atoms with Crippen LogP contribution in [0, 0.1) is 11.6 Å². The summed E-state index contributed by atoms with van der Waals surface area (Å²) in [6, 6.07) is 10.1. The van der Waals surface area contributed by atoms with Crippen molar-refractivity contribution in [2.24, 2.45) is 0 Å². The molecular weight excluding hydrogens is 342 g/mol. The minimum atomic E-state index is -3.88. The molecule has 0 radical (unpaired) electrons. The van der Waals surface area contributed by atoms with Gasteiger partial charge in [-0.25, -0.2) is 26.9 Å². The largest absolute Gasteiger partial charge is 0.241 e. The van der Waals surface area contributed by atoms with E-state index in [1.165, 1.54) is 11.3 Å². The highest BCUT2D eigenvalue weighted by Gasteiger charge is 2.16. The number of hydrogen-bond donors (Lipinski definition) is 1. The molecule has 0 unspecified atom stereocenters. The Kier molecular flexibility index (Phi) is 4.38. The maximum absolute atomic E-state index is 13.1. The summed E-state index contributed by atoms with van der Waals surface area (Å²) in [6.07, 6.45) is 0.419. The van der Waals surface area contributed by atoms with Gasteiger partial charge in [0.25, 0.3) is 0 Å². The van der Waals surface area contributed by atoms with E-state index < -0.39 is 21.7 Å². The average molecular weight is 354 g/mol. The Labute approximate surface area is 135 Å². The van der Waals surface area contributed by atoms with Gasteiger partial charge in [-0.2, -0.15) is 0 Å². The van der Waals surface area contributed by atoms with Crippen molar-refractivity contribution in [3.63, 3.8) is 0 Å². The quantitative estimate of drug-likeness (QED) is 0.766. The Hall–Kier alpha value is -1.90. The van der Waals surface area contributed by atoms with Crippen LogP contribution in [0.5, 0.6) is 0 Å². The van der Waals surface area contributed by atoms with Gasteiger partial charge in [0.15, 0.2) is 11.6 Å². The molecule has 0 aliphatic rings. The highest BCUT2D eigenvalue weighted by atomic mass is 32.2. The molecule has 0 aliphatic carbocycles. The molecular formula is C15H12F2N2O2S2. The molecule has 1 N–H and O–H groups in total. The molecule has 3 rings (SSSR count). The Bertz CT molecular complexity index is 922. The number of sulfonamides is 1. The molecule has 0 saturated heterocycles. The third kappa shape index (κ3) is 3.54. The molecule has 1 heterocycles. The number of hydrogen-bond acceptors (Lipinski definition) is 4. The van der Waals surface area contributed by atoms with E-state index in [2.05, 4.69) is 9.71 Å². The lowest BCUT2D eigenvalue weighted by Gasteiger charge is -2.06. The predicted molar refractivity (Wildman–Crippen MR) is 84.9 cm³/mol. The van der Waals surface area contributed by atoms with Gasteiger partial charge in [0, 0.05) is 13.0 Å². The van der Waals surface area contributed by atoms with Crippen molar-refractivity contribution in [2.75, 3.05) is 6.54 Å². The van der Waals surface area contributed by atoms with Crippen LogP contribution in [0.4, 0.5) is 8.78 Å². The minimum absolute atomic E-state index is 0.126. The lowest BCUT2D eigenvalue weighted by atomic mass is 10.3. The Balaban J connectivity index is 1.68. The van der Waals surface area contributed by atoms with Crippen molar-refractivity contribution >= 4 is 31.6 Å². The van der Waals surface area contributed by atoms with Gasteiger partial charge < -0.3 is 0 Å². The van der Waals surface area contributed by atoms with E-state index in [4.69, 9.17) is 0 Å². The van der Waals surface area contributed by atoms with Crippen LogP contribution in [-0.2, 0) is 16.4 Å². The van der Waals surface area contributed by atoms with Gasteiger partial charge in [0.05, 0.1) is 20.1 Å². The standard InChI is InChI=1S/C15H12F2N2O2S2/c16-11-6-5-10(9-12(11)17)23(20,21)18-8-7-15-19-13-3-1-2-4-14(13)22-15/h1-6,9,18H,7-8H2. The molecule has 0 bridgehead atoms. The maximum atomic E-state index is 13.1. The fourth-order valence-corrected chi connectivity index (χ4v) is 4.06. The van der Waals surface area contributed by atoms with Gasteiger partial charge in [-0.1, -0.05) is 12.1 Å². The van der Waals surface area contributed by atoms with Crippen LogP contribution >= 0.6 is 11.3 Å². The van der Waals surface area contributed by atoms with E-state index in [1.54, 1.807) is 0 Å². The topological polar surface area (TPSA) is 59.1 Å². The summed E-state index contributed by atoms with van der Waals surface area (Å²) >= 11 is 1.49. The first kappa shape index (κ1) is 16.0. The predicted octanol–water partition coefficient (Wildman–Crippen LogP) is 3.10. The number of nitrogens with one attached hydrogen (secondary N) is 1. The lowest BCUT2D eigenvalue weighted by molar-refractivity contribution is 0.504. The van der Waals surface area contributed by atoms with Crippen LogP contribution in [0.15, 0.2) is 47.4 Å². The van der Waals surface area contributed by atoms with Gasteiger partial charge in [0.2, 0.25) is 10.0 Å². The third-order valence-corrected chi connectivity index (χ3v) is 5.73. The van der Waals surface area contributed by atoms with Gasteiger partial charge in [-0.15, -0.1) is 11.3 Å². The average Bonchev–Trinajstić information content (AvgIpc) is 2.92. The molecule has 4 nitrogen and oxygen atoms in total. The fraction of sp³-hybridized carbons (Fsp3) is 0.133. The number of aromatic nitrogens is 1. The molecule has 23 heavy (non-hydrogen) atoms. The molecule has 2 aromatic carbocycles. The van der Waals surface area contributed by atoms with Crippen LogP contribution in [0.2, 0.25) is 0 Å². The number of rotatable bonds is 5. The van der Waals surface area contributed by atoms with Gasteiger partial charge in [-0.3, -0.25) is 0 Å². The van der Waals surface area contributed by atoms with Crippen molar-refractivity contribution in [2.45, 2.75) is 11.3 Å². The highest BCUT2D eigenvalue weighted by molar-refractivity contribution is 7.89. The smallest absolute Gasteiger partial charge is 0.240 e.